The number of aryl methyl sites for hydroxylation is 1. The highest BCUT2D eigenvalue weighted by Gasteiger charge is 2.24. The number of aliphatic imine (C=N–C) groups is 1. The number of carbonyl (C=O) groups excluding carboxylic acids is 1. The summed E-state index contributed by atoms with van der Waals surface area (Å²) in [6.07, 6.45) is 5.02. The van der Waals surface area contributed by atoms with Crippen molar-refractivity contribution in [2.24, 2.45) is 4.99 Å². The molecule has 1 N–H and O–H groups in total. The van der Waals surface area contributed by atoms with Crippen LogP contribution < -0.4 is 14.8 Å². The van der Waals surface area contributed by atoms with Gasteiger partial charge in [0, 0.05) is 11.1 Å². The lowest BCUT2D eigenvalue weighted by Crippen LogP contribution is -2.19. The Balaban J connectivity index is 1.59. The number of carbonyl (C=O) groups is 1. The lowest BCUT2D eigenvalue weighted by atomic mass is 10.0. The van der Waals surface area contributed by atoms with Gasteiger partial charge < -0.3 is 14.8 Å². The highest BCUT2D eigenvalue weighted by Crippen LogP contribution is 2.36. The molecule has 5 nitrogen and oxygen atoms in total. The van der Waals surface area contributed by atoms with Crippen LogP contribution in [-0.2, 0) is 24.2 Å². The van der Waals surface area contributed by atoms with Gasteiger partial charge in [0.25, 0.3) is 5.91 Å². The number of methoxy groups -OCH3 is 1. The second kappa shape index (κ2) is 11.7. The third-order valence-corrected chi connectivity index (χ3v) is 6.50. The van der Waals surface area contributed by atoms with Crippen molar-refractivity contribution in [2.75, 3.05) is 7.11 Å². The van der Waals surface area contributed by atoms with Gasteiger partial charge in [0.15, 0.2) is 16.7 Å². The van der Waals surface area contributed by atoms with E-state index in [2.05, 4.69) is 23.8 Å². The zero-order valence-electron chi connectivity index (χ0n) is 20.2. The van der Waals surface area contributed by atoms with Gasteiger partial charge in [0.1, 0.15) is 12.4 Å². The molecule has 0 unspecified atom stereocenters. The van der Waals surface area contributed by atoms with Crippen LogP contribution in [-0.4, -0.2) is 18.2 Å². The summed E-state index contributed by atoms with van der Waals surface area (Å²) in [6, 6.07) is 18.1. The van der Waals surface area contributed by atoms with Crippen LogP contribution in [0, 0.1) is 5.82 Å². The van der Waals surface area contributed by atoms with Crippen molar-refractivity contribution in [3.63, 3.8) is 0 Å². The predicted octanol–water partition coefficient (Wildman–Crippen LogP) is 6.60. The van der Waals surface area contributed by atoms with Crippen molar-refractivity contribution >= 4 is 34.6 Å². The lowest BCUT2D eigenvalue weighted by molar-refractivity contribution is -0.115. The van der Waals surface area contributed by atoms with Crippen LogP contribution in [0.25, 0.3) is 6.08 Å². The molecule has 36 heavy (non-hydrogen) atoms. The molecule has 1 saturated heterocycles. The maximum absolute atomic E-state index is 14.1. The van der Waals surface area contributed by atoms with Crippen molar-refractivity contribution in [2.45, 2.75) is 26.4 Å². The molecule has 7 heteroatoms. The number of rotatable bonds is 9. The van der Waals surface area contributed by atoms with Gasteiger partial charge in [-0.1, -0.05) is 43.3 Å². The topological polar surface area (TPSA) is 59.9 Å². The molecule has 1 aliphatic rings. The number of amidine groups is 1. The third kappa shape index (κ3) is 6.04. The number of halogens is 1. The van der Waals surface area contributed by atoms with E-state index < -0.39 is 0 Å². The van der Waals surface area contributed by atoms with Crippen molar-refractivity contribution in [3.05, 3.63) is 106 Å². The Morgan fingerprint density at radius 2 is 1.89 bits per heavy atom. The van der Waals surface area contributed by atoms with Gasteiger partial charge in [-0.3, -0.25) is 4.79 Å². The zero-order chi connectivity index (χ0) is 25.5. The van der Waals surface area contributed by atoms with Crippen LogP contribution >= 0.6 is 11.8 Å². The van der Waals surface area contributed by atoms with Gasteiger partial charge in [-0.25, -0.2) is 9.38 Å². The first-order valence-electron chi connectivity index (χ1n) is 11.6. The second-order valence-corrected chi connectivity index (χ2v) is 9.12. The number of ether oxygens (including phenoxy) is 2. The summed E-state index contributed by atoms with van der Waals surface area (Å²) in [6.45, 7) is 5.99. The van der Waals surface area contributed by atoms with Crippen molar-refractivity contribution in [1.82, 2.24) is 5.32 Å². The van der Waals surface area contributed by atoms with Crippen molar-refractivity contribution in [3.8, 4) is 11.5 Å². The SMILES string of the molecule is C=CCc1cc(/C=C2\SC(=Nc3ccc(CC)cc3)NC2=O)cc(OC)c1OCc1ccccc1F. The monoisotopic (exact) mass is 502 g/mol. The van der Waals surface area contributed by atoms with Crippen LogP contribution in [0.15, 0.2) is 83.2 Å². The van der Waals surface area contributed by atoms with E-state index in [1.807, 2.05) is 30.3 Å². The summed E-state index contributed by atoms with van der Waals surface area (Å²) in [5, 5.41) is 3.35. The maximum Gasteiger partial charge on any atom is 0.264 e. The molecular weight excluding hydrogens is 475 g/mol. The average molecular weight is 503 g/mol. The molecule has 1 heterocycles. The van der Waals surface area contributed by atoms with Crippen LogP contribution in [0.4, 0.5) is 10.1 Å². The Morgan fingerprint density at radius 3 is 2.58 bits per heavy atom. The Morgan fingerprint density at radius 1 is 1.11 bits per heavy atom. The summed E-state index contributed by atoms with van der Waals surface area (Å²) >= 11 is 1.28. The molecule has 3 aromatic rings. The van der Waals surface area contributed by atoms with E-state index >= 15 is 0 Å². The Hall–Kier alpha value is -3.84. The highest BCUT2D eigenvalue weighted by molar-refractivity contribution is 8.18. The molecule has 1 amide bonds. The smallest absolute Gasteiger partial charge is 0.264 e. The lowest BCUT2D eigenvalue weighted by Gasteiger charge is -2.16. The number of hydrogen-bond acceptors (Lipinski definition) is 5. The summed E-state index contributed by atoms with van der Waals surface area (Å²) in [5.41, 5.74) is 4.05. The first-order chi connectivity index (χ1) is 17.5. The van der Waals surface area contributed by atoms with Gasteiger partial charge in [0.2, 0.25) is 0 Å². The molecule has 0 spiro atoms. The third-order valence-electron chi connectivity index (χ3n) is 5.59. The van der Waals surface area contributed by atoms with E-state index in [1.54, 1.807) is 43.5 Å². The number of nitrogens with one attached hydrogen (secondary N) is 1. The fraction of sp³-hybridized carbons (Fsp3) is 0.172. The van der Waals surface area contributed by atoms with E-state index in [0.29, 0.717) is 33.6 Å². The quantitative estimate of drug-likeness (QED) is 0.265. The van der Waals surface area contributed by atoms with Gasteiger partial charge in [-0.05, 0) is 72.1 Å². The number of benzene rings is 3. The van der Waals surface area contributed by atoms with Crippen LogP contribution in [0.5, 0.6) is 11.5 Å². The summed E-state index contributed by atoms with van der Waals surface area (Å²) in [5.74, 6) is 0.467. The maximum atomic E-state index is 14.1. The number of thioether (sulfide) groups is 1. The Bertz CT molecular complexity index is 1330. The number of amides is 1. The molecule has 184 valence electrons. The standard InChI is InChI=1S/C29H27FN2O3S/c1-4-8-21-15-20(16-25(34-3)27(21)35-18-22-9-6-7-10-24(22)30)17-26-28(33)32-29(36-26)31-23-13-11-19(5-2)12-14-23/h4,6-7,9-17H,1,5,8,18H2,2-3H3,(H,31,32,33)/b26-17-. The van der Waals surface area contributed by atoms with Crippen LogP contribution in [0.1, 0.15) is 29.2 Å². The number of hydrogen-bond donors (Lipinski definition) is 1. The van der Waals surface area contributed by atoms with Gasteiger partial charge in [-0.2, -0.15) is 0 Å². The van der Waals surface area contributed by atoms with Gasteiger partial charge in [0.05, 0.1) is 17.7 Å². The number of nitrogens with zero attached hydrogens (tertiary/aromatic N) is 1. The molecule has 0 saturated carbocycles. The zero-order valence-corrected chi connectivity index (χ0v) is 21.0. The largest absolute Gasteiger partial charge is 0.493 e. The molecule has 4 rings (SSSR count). The van der Waals surface area contributed by atoms with E-state index in [-0.39, 0.29) is 18.3 Å². The minimum absolute atomic E-state index is 0.0604. The molecule has 0 radical (unpaired) electrons. The molecule has 0 aromatic heterocycles. The average Bonchev–Trinajstić information content (AvgIpc) is 3.22. The normalized spacial score (nSPS) is 15.2. The molecule has 0 aliphatic carbocycles. The molecule has 0 bridgehead atoms. The van der Waals surface area contributed by atoms with Crippen LogP contribution in [0.2, 0.25) is 0 Å². The summed E-state index contributed by atoms with van der Waals surface area (Å²) in [7, 11) is 1.55. The minimum Gasteiger partial charge on any atom is -0.493 e. The van der Waals surface area contributed by atoms with E-state index in [0.717, 1.165) is 23.2 Å². The van der Waals surface area contributed by atoms with E-state index in [9.17, 15) is 9.18 Å². The Kier molecular flexibility index (Phi) is 8.23. The van der Waals surface area contributed by atoms with Gasteiger partial charge in [-0.15, -0.1) is 6.58 Å². The summed E-state index contributed by atoms with van der Waals surface area (Å²) in [4.78, 5) is 17.7. The fourth-order valence-corrected chi connectivity index (χ4v) is 4.55. The molecule has 0 atom stereocenters. The first kappa shape index (κ1) is 25.3. The van der Waals surface area contributed by atoms with E-state index in [4.69, 9.17) is 9.47 Å². The molecule has 1 aliphatic heterocycles. The first-order valence-corrected chi connectivity index (χ1v) is 12.4. The predicted molar refractivity (Wildman–Crippen MR) is 144 cm³/mol. The fourth-order valence-electron chi connectivity index (χ4n) is 3.71. The summed E-state index contributed by atoms with van der Waals surface area (Å²) < 4.78 is 25.6. The number of allylic oxidation sites excluding steroid dienone is 1. The highest BCUT2D eigenvalue weighted by atomic mass is 32.2. The molecular formula is C29H27FN2O3S. The van der Waals surface area contributed by atoms with Crippen molar-refractivity contribution in [1.29, 1.82) is 0 Å². The van der Waals surface area contributed by atoms with Gasteiger partial charge >= 0.3 is 0 Å². The van der Waals surface area contributed by atoms with E-state index in [1.165, 1.54) is 23.4 Å². The second-order valence-electron chi connectivity index (χ2n) is 8.09. The molecule has 3 aromatic carbocycles. The Labute approximate surface area is 214 Å². The molecule has 1 fully saturated rings. The van der Waals surface area contributed by atoms with Crippen molar-refractivity contribution < 1.29 is 18.7 Å². The minimum atomic E-state index is -0.328. The van der Waals surface area contributed by atoms with Crippen LogP contribution in [0.3, 0.4) is 0 Å².